The van der Waals surface area contributed by atoms with Gasteiger partial charge in [-0.1, -0.05) is 6.42 Å². The van der Waals surface area contributed by atoms with Crippen LogP contribution in [0.25, 0.3) is 0 Å². The minimum Gasteiger partial charge on any atom is -0.442 e. The summed E-state index contributed by atoms with van der Waals surface area (Å²) in [7, 11) is -3.00. The molecule has 1 aliphatic carbocycles. The second-order valence-corrected chi connectivity index (χ2v) is 8.90. The lowest BCUT2D eigenvalue weighted by molar-refractivity contribution is -0.384. The van der Waals surface area contributed by atoms with Crippen LogP contribution in [0.5, 0.6) is 0 Å². The first kappa shape index (κ1) is 17.4. The van der Waals surface area contributed by atoms with Crippen molar-refractivity contribution < 1.29 is 18.7 Å². The van der Waals surface area contributed by atoms with Crippen LogP contribution in [0.4, 0.5) is 10.5 Å². The Kier molecular flexibility index (Phi) is 4.74. The molecule has 1 unspecified atom stereocenters. The van der Waals surface area contributed by atoms with Gasteiger partial charge in [0.1, 0.15) is 5.60 Å². The number of nitro benzene ring substituents is 1. The number of amides is 1. The van der Waals surface area contributed by atoms with E-state index in [-0.39, 0.29) is 10.9 Å². The van der Waals surface area contributed by atoms with Gasteiger partial charge < -0.3 is 4.74 Å². The zero-order valence-corrected chi connectivity index (χ0v) is 14.2. The molecule has 7 nitrogen and oxygen atoms in total. The SMILES string of the molecule is CC(C)(C)OC(=O)N=S(=O)(c1ccc([N+](=O)[O-])cc1)C1CCC1. The monoisotopic (exact) mass is 340 g/mol. The highest BCUT2D eigenvalue weighted by molar-refractivity contribution is 7.94. The van der Waals surface area contributed by atoms with Gasteiger partial charge in [-0.25, -0.2) is 9.00 Å². The molecule has 8 heteroatoms. The highest BCUT2D eigenvalue weighted by atomic mass is 32.2. The summed E-state index contributed by atoms with van der Waals surface area (Å²) < 4.78 is 22.3. The van der Waals surface area contributed by atoms with Gasteiger partial charge in [0.05, 0.1) is 14.7 Å². The Balaban J connectivity index is 2.41. The maximum Gasteiger partial charge on any atom is 0.442 e. The first-order valence-electron chi connectivity index (χ1n) is 7.35. The predicted molar refractivity (Wildman–Crippen MR) is 85.8 cm³/mol. The smallest absolute Gasteiger partial charge is 0.442 e. The molecule has 0 spiro atoms. The zero-order chi connectivity index (χ0) is 17.3. The van der Waals surface area contributed by atoms with Crippen LogP contribution in [0.15, 0.2) is 33.5 Å². The van der Waals surface area contributed by atoms with Crippen LogP contribution < -0.4 is 0 Å². The summed E-state index contributed by atoms with van der Waals surface area (Å²) in [6.07, 6.45) is 1.48. The van der Waals surface area contributed by atoms with Crippen molar-refractivity contribution in [1.29, 1.82) is 0 Å². The predicted octanol–water partition coefficient (Wildman–Crippen LogP) is 3.91. The van der Waals surface area contributed by atoms with Crippen molar-refractivity contribution in [2.45, 2.75) is 55.8 Å². The molecule has 1 aromatic carbocycles. The Labute approximate surface area is 135 Å². The van der Waals surface area contributed by atoms with E-state index >= 15 is 0 Å². The van der Waals surface area contributed by atoms with Crippen LogP contribution in [0.1, 0.15) is 40.0 Å². The third-order valence-electron chi connectivity index (χ3n) is 3.49. The third kappa shape index (κ3) is 4.07. The molecule has 1 amide bonds. The van der Waals surface area contributed by atoms with Crippen molar-refractivity contribution >= 4 is 21.5 Å². The maximum atomic E-state index is 13.3. The average Bonchev–Trinajstić information content (AvgIpc) is 2.33. The van der Waals surface area contributed by atoms with Gasteiger partial charge >= 0.3 is 6.09 Å². The Hall–Kier alpha value is -1.96. The van der Waals surface area contributed by atoms with Crippen LogP contribution in [-0.4, -0.2) is 26.1 Å². The van der Waals surface area contributed by atoms with E-state index in [2.05, 4.69) is 4.36 Å². The number of rotatable bonds is 3. The van der Waals surface area contributed by atoms with Crippen molar-refractivity contribution in [1.82, 2.24) is 0 Å². The molecule has 0 bridgehead atoms. The minimum absolute atomic E-state index is 0.0959. The molecule has 1 aliphatic rings. The number of nitro groups is 1. The third-order valence-corrected chi connectivity index (χ3v) is 6.24. The Morgan fingerprint density at radius 3 is 2.26 bits per heavy atom. The second kappa shape index (κ2) is 6.27. The molecule has 1 saturated carbocycles. The standard InChI is InChI=1S/C15H20N2O5S/c1-15(2,3)22-14(18)16-23(21,12-5-4-6-12)13-9-7-11(8-10-13)17(19)20/h7-10,12H,4-6H2,1-3H3. The van der Waals surface area contributed by atoms with E-state index in [0.29, 0.717) is 17.7 Å². The molecule has 2 rings (SSSR count). The van der Waals surface area contributed by atoms with E-state index in [0.717, 1.165) is 6.42 Å². The first-order valence-corrected chi connectivity index (χ1v) is 8.93. The Morgan fingerprint density at radius 2 is 1.87 bits per heavy atom. The fourth-order valence-electron chi connectivity index (χ4n) is 2.16. The van der Waals surface area contributed by atoms with E-state index in [1.165, 1.54) is 24.3 Å². The number of hydrogen-bond donors (Lipinski definition) is 0. The summed E-state index contributed by atoms with van der Waals surface area (Å²) in [4.78, 5) is 22.5. The van der Waals surface area contributed by atoms with Gasteiger partial charge in [0.25, 0.3) is 5.69 Å². The van der Waals surface area contributed by atoms with Gasteiger partial charge in [-0.15, -0.1) is 4.36 Å². The van der Waals surface area contributed by atoms with Gasteiger partial charge in [0, 0.05) is 22.3 Å². The van der Waals surface area contributed by atoms with Crippen molar-refractivity contribution in [2.75, 3.05) is 0 Å². The number of carbonyl (C=O) groups excluding carboxylic acids is 1. The molecule has 0 aliphatic heterocycles. The molecule has 126 valence electrons. The van der Waals surface area contributed by atoms with Gasteiger partial charge in [-0.3, -0.25) is 10.1 Å². The molecule has 1 aromatic rings. The molecule has 0 heterocycles. The van der Waals surface area contributed by atoms with E-state index in [9.17, 15) is 19.1 Å². The Bertz CT molecular complexity index is 723. The fraction of sp³-hybridized carbons (Fsp3) is 0.533. The largest absolute Gasteiger partial charge is 0.442 e. The molecule has 1 atom stereocenters. The Morgan fingerprint density at radius 1 is 1.30 bits per heavy atom. The lowest BCUT2D eigenvalue weighted by atomic mass is 10.00. The summed E-state index contributed by atoms with van der Waals surface area (Å²) >= 11 is 0. The topological polar surface area (TPSA) is 98.9 Å². The number of nitrogens with zero attached hydrogens (tertiary/aromatic N) is 2. The lowest BCUT2D eigenvalue weighted by Crippen LogP contribution is -2.30. The molecule has 23 heavy (non-hydrogen) atoms. The lowest BCUT2D eigenvalue weighted by Gasteiger charge is -2.29. The van der Waals surface area contributed by atoms with Crippen molar-refractivity contribution in [2.24, 2.45) is 4.36 Å². The fourth-order valence-corrected chi connectivity index (χ4v) is 4.56. The molecule has 1 fully saturated rings. The molecular weight excluding hydrogens is 320 g/mol. The van der Waals surface area contributed by atoms with Gasteiger partial charge in [-0.05, 0) is 45.7 Å². The summed E-state index contributed by atoms with van der Waals surface area (Å²) in [6.45, 7) is 5.12. The molecule has 0 saturated heterocycles. The number of carbonyl (C=O) groups is 1. The summed E-state index contributed by atoms with van der Waals surface area (Å²) in [5.74, 6) is 0. The van der Waals surface area contributed by atoms with Crippen LogP contribution in [0.2, 0.25) is 0 Å². The number of benzene rings is 1. The van der Waals surface area contributed by atoms with Gasteiger partial charge in [0.15, 0.2) is 0 Å². The van der Waals surface area contributed by atoms with Crippen LogP contribution in [0.3, 0.4) is 0 Å². The van der Waals surface area contributed by atoms with E-state index in [1.807, 2.05) is 0 Å². The van der Waals surface area contributed by atoms with Crippen molar-refractivity contribution in [3.63, 3.8) is 0 Å². The highest BCUT2D eigenvalue weighted by Crippen LogP contribution is 2.34. The van der Waals surface area contributed by atoms with Crippen LogP contribution in [0, 0.1) is 10.1 Å². The zero-order valence-electron chi connectivity index (χ0n) is 13.4. The van der Waals surface area contributed by atoms with E-state index in [4.69, 9.17) is 4.74 Å². The molecule has 0 N–H and O–H groups in total. The number of hydrogen-bond acceptors (Lipinski definition) is 5. The van der Waals surface area contributed by atoms with Gasteiger partial charge in [0.2, 0.25) is 0 Å². The normalized spacial score (nSPS) is 17.7. The first-order chi connectivity index (χ1) is 10.6. The summed E-state index contributed by atoms with van der Waals surface area (Å²) in [5, 5.41) is 10.5. The molecule has 0 aromatic heterocycles. The van der Waals surface area contributed by atoms with Gasteiger partial charge in [-0.2, -0.15) is 0 Å². The summed E-state index contributed by atoms with van der Waals surface area (Å²) in [6, 6.07) is 5.37. The quantitative estimate of drug-likeness (QED) is 0.613. The average molecular weight is 340 g/mol. The second-order valence-electron chi connectivity index (χ2n) is 6.44. The van der Waals surface area contributed by atoms with Crippen LogP contribution in [-0.2, 0) is 14.5 Å². The summed E-state index contributed by atoms with van der Waals surface area (Å²) in [5.41, 5.74) is -0.822. The number of ether oxygens (including phenoxy) is 1. The van der Waals surface area contributed by atoms with Crippen LogP contribution >= 0.6 is 0 Å². The van der Waals surface area contributed by atoms with Crippen molar-refractivity contribution in [3.8, 4) is 0 Å². The minimum atomic E-state index is -3.00. The maximum absolute atomic E-state index is 13.3. The van der Waals surface area contributed by atoms with Crippen molar-refractivity contribution in [3.05, 3.63) is 34.4 Å². The molecular formula is C15H20N2O5S. The molecule has 0 radical (unpaired) electrons. The van der Waals surface area contributed by atoms with E-state index < -0.39 is 26.3 Å². The number of non-ortho nitro benzene ring substituents is 1. The van der Waals surface area contributed by atoms with E-state index in [1.54, 1.807) is 20.8 Å². The highest BCUT2D eigenvalue weighted by Gasteiger charge is 2.33.